The van der Waals surface area contributed by atoms with Gasteiger partial charge >= 0.3 is 6.18 Å². The van der Waals surface area contributed by atoms with Gasteiger partial charge in [-0.3, -0.25) is 19.8 Å². The van der Waals surface area contributed by atoms with Crippen LogP contribution in [0.1, 0.15) is 5.56 Å². The van der Waals surface area contributed by atoms with Crippen molar-refractivity contribution >= 4 is 23.0 Å². The number of halogens is 4. The molecule has 7 nitrogen and oxygen atoms in total. The molecule has 1 aliphatic heterocycles. The van der Waals surface area contributed by atoms with Crippen LogP contribution in [-0.2, 0) is 11.0 Å². The van der Waals surface area contributed by atoms with Crippen LogP contribution < -0.4 is 10.2 Å². The summed E-state index contributed by atoms with van der Waals surface area (Å²) in [7, 11) is 0. The minimum absolute atomic E-state index is 0.0411. The zero-order chi connectivity index (χ0) is 21.9. The summed E-state index contributed by atoms with van der Waals surface area (Å²) in [6.07, 6.45) is -4.67. The van der Waals surface area contributed by atoms with E-state index in [-0.39, 0.29) is 18.1 Å². The first-order valence-electron chi connectivity index (χ1n) is 9.02. The molecule has 1 N–H and O–H groups in total. The average Bonchev–Trinajstić information content (AvgIpc) is 2.67. The number of hydrogen-bond acceptors (Lipinski definition) is 5. The van der Waals surface area contributed by atoms with Crippen molar-refractivity contribution < 1.29 is 27.3 Å². The van der Waals surface area contributed by atoms with Gasteiger partial charge in [-0.15, -0.1) is 0 Å². The van der Waals surface area contributed by atoms with E-state index < -0.39 is 28.2 Å². The standard InChI is InChI=1S/C19H18F4N4O3/c20-14-2-1-3-15(11-14)24-18(28)12-25-6-8-26(9-7-25)16-5-4-13(19(21,22)23)10-17(16)27(29)30/h1-5,10-11H,6-9,12H2,(H,24,28). The zero-order valence-electron chi connectivity index (χ0n) is 15.7. The monoisotopic (exact) mass is 426 g/mol. The number of nitro groups is 1. The summed E-state index contributed by atoms with van der Waals surface area (Å²) < 4.78 is 51.7. The number of carbonyl (C=O) groups is 1. The molecule has 0 spiro atoms. The molecule has 2 aromatic carbocycles. The Morgan fingerprint density at radius 1 is 1.10 bits per heavy atom. The molecule has 1 amide bonds. The molecule has 0 radical (unpaired) electrons. The largest absolute Gasteiger partial charge is 0.416 e. The second-order valence-corrected chi connectivity index (χ2v) is 6.78. The summed E-state index contributed by atoms with van der Waals surface area (Å²) >= 11 is 0. The van der Waals surface area contributed by atoms with E-state index in [0.29, 0.717) is 37.9 Å². The fraction of sp³-hybridized carbons (Fsp3) is 0.316. The van der Waals surface area contributed by atoms with E-state index in [1.807, 2.05) is 0 Å². The molecule has 1 heterocycles. The Kier molecular flexibility index (Phi) is 6.20. The SMILES string of the molecule is O=C(CN1CCN(c2ccc(C(F)(F)F)cc2[N+](=O)[O-])CC1)Nc1cccc(F)c1. The molecule has 0 aliphatic carbocycles. The van der Waals surface area contributed by atoms with Crippen LogP contribution >= 0.6 is 0 Å². The van der Waals surface area contributed by atoms with Crippen molar-refractivity contribution in [3.05, 3.63) is 64.0 Å². The molecule has 2 aromatic rings. The van der Waals surface area contributed by atoms with Crippen LogP contribution in [0.15, 0.2) is 42.5 Å². The maximum Gasteiger partial charge on any atom is 0.416 e. The molecule has 1 fully saturated rings. The minimum Gasteiger partial charge on any atom is -0.363 e. The van der Waals surface area contributed by atoms with Gasteiger partial charge in [0, 0.05) is 37.9 Å². The number of rotatable bonds is 5. The van der Waals surface area contributed by atoms with Crippen LogP contribution in [0.3, 0.4) is 0 Å². The number of carbonyl (C=O) groups excluding carboxylic acids is 1. The lowest BCUT2D eigenvalue weighted by Crippen LogP contribution is -2.48. The Morgan fingerprint density at radius 2 is 1.80 bits per heavy atom. The van der Waals surface area contributed by atoms with Crippen LogP contribution in [0, 0.1) is 15.9 Å². The van der Waals surface area contributed by atoms with Crippen molar-refractivity contribution in [2.24, 2.45) is 0 Å². The van der Waals surface area contributed by atoms with Crippen LogP contribution in [-0.4, -0.2) is 48.5 Å². The van der Waals surface area contributed by atoms with E-state index in [0.717, 1.165) is 12.1 Å². The Balaban J connectivity index is 1.61. The van der Waals surface area contributed by atoms with Gasteiger partial charge < -0.3 is 10.2 Å². The van der Waals surface area contributed by atoms with Gasteiger partial charge in [0.1, 0.15) is 11.5 Å². The van der Waals surface area contributed by atoms with E-state index in [1.54, 1.807) is 15.9 Å². The molecule has 1 aliphatic rings. The van der Waals surface area contributed by atoms with Gasteiger partial charge in [0.25, 0.3) is 5.69 Å². The number of anilines is 2. The van der Waals surface area contributed by atoms with E-state index in [9.17, 15) is 32.5 Å². The summed E-state index contributed by atoms with van der Waals surface area (Å²) in [5.74, 6) is -0.811. The molecule has 0 bridgehead atoms. The number of nitro benzene ring substituents is 1. The highest BCUT2D eigenvalue weighted by molar-refractivity contribution is 5.92. The van der Waals surface area contributed by atoms with Crippen molar-refractivity contribution in [3.63, 3.8) is 0 Å². The Morgan fingerprint density at radius 3 is 2.40 bits per heavy atom. The number of amides is 1. The summed E-state index contributed by atoms with van der Waals surface area (Å²) in [6, 6.07) is 7.95. The van der Waals surface area contributed by atoms with Gasteiger partial charge in [0.2, 0.25) is 5.91 Å². The molecule has 160 valence electrons. The number of piperazine rings is 1. The second kappa shape index (κ2) is 8.66. The van der Waals surface area contributed by atoms with Crippen molar-refractivity contribution in [1.29, 1.82) is 0 Å². The highest BCUT2D eigenvalue weighted by atomic mass is 19.4. The third-order valence-corrected chi connectivity index (χ3v) is 4.69. The second-order valence-electron chi connectivity index (χ2n) is 6.78. The molecule has 0 aromatic heterocycles. The topological polar surface area (TPSA) is 78.7 Å². The van der Waals surface area contributed by atoms with Crippen LogP contribution in [0.25, 0.3) is 0 Å². The normalized spacial score (nSPS) is 15.1. The summed E-state index contributed by atoms with van der Waals surface area (Å²) in [4.78, 5) is 26.0. The van der Waals surface area contributed by atoms with Crippen LogP contribution in [0.4, 0.5) is 34.6 Å². The lowest BCUT2D eigenvalue weighted by molar-refractivity contribution is -0.384. The summed E-state index contributed by atoms with van der Waals surface area (Å²) in [5, 5.41) is 13.9. The number of benzene rings is 2. The van der Waals surface area contributed by atoms with E-state index in [1.165, 1.54) is 18.2 Å². The highest BCUT2D eigenvalue weighted by Crippen LogP contribution is 2.36. The maximum absolute atomic E-state index is 13.2. The third kappa shape index (κ3) is 5.23. The number of hydrogen-bond donors (Lipinski definition) is 1. The van der Waals surface area contributed by atoms with Crippen molar-refractivity contribution in [1.82, 2.24) is 4.90 Å². The van der Waals surface area contributed by atoms with Gasteiger partial charge in [-0.2, -0.15) is 13.2 Å². The first kappa shape index (κ1) is 21.5. The number of nitrogens with zero attached hydrogens (tertiary/aromatic N) is 3. The lowest BCUT2D eigenvalue weighted by Gasteiger charge is -2.35. The third-order valence-electron chi connectivity index (χ3n) is 4.69. The summed E-state index contributed by atoms with van der Waals surface area (Å²) in [5.41, 5.74) is -1.25. The average molecular weight is 426 g/mol. The minimum atomic E-state index is -4.67. The van der Waals surface area contributed by atoms with Gasteiger partial charge in [-0.25, -0.2) is 4.39 Å². The lowest BCUT2D eigenvalue weighted by atomic mass is 10.1. The van der Waals surface area contributed by atoms with E-state index in [4.69, 9.17) is 0 Å². The molecule has 30 heavy (non-hydrogen) atoms. The van der Waals surface area contributed by atoms with Gasteiger partial charge in [-0.1, -0.05) is 6.07 Å². The Hall–Kier alpha value is -3.21. The van der Waals surface area contributed by atoms with Gasteiger partial charge in [-0.05, 0) is 30.3 Å². The quantitative estimate of drug-likeness (QED) is 0.450. The molecule has 3 rings (SSSR count). The van der Waals surface area contributed by atoms with Crippen molar-refractivity contribution in [3.8, 4) is 0 Å². The highest BCUT2D eigenvalue weighted by Gasteiger charge is 2.34. The first-order valence-corrected chi connectivity index (χ1v) is 9.02. The zero-order valence-corrected chi connectivity index (χ0v) is 15.7. The summed E-state index contributed by atoms with van der Waals surface area (Å²) in [6.45, 7) is 1.42. The van der Waals surface area contributed by atoms with Gasteiger partial charge in [0.15, 0.2) is 0 Å². The number of nitrogens with one attached hydrogen (secondary N) is 1. The van der Waals surface area contributed by atoms with Crippen LogP contribution in [0.5, 0.6) is 0 Å². The molecule has 0 unspecified atom stereocenters. The molecule has 0 atom stereocenters. The maximum atomic E-state index is 13.2. The van der Waals surface area contributed by atoms with E-state index >= 15 is 0 Å². The predicted octanol–water partition coefficient (Wildman–Crippen LogP) is 3.51. The predicted molar refractivity (Wildman–Crippen MR) is 102 cm³/mol. The van der Waals surface area contributed by atoms with Crippen molar-refractivity contribution in [2.75, 3.05) is 42.9 Å². The fourth-order valence-corrected chi connectivity index (χ4v) is 3.23. The fourth-order valence-electron chi connectivity index (χ4n) is 3.23. The Bertz CT molecular complexity index is 944. The molecular weight excluding hydrogens is 408 g/mol. The first-order chi connectivity index (χ1) is 14.1. The smallest absolute Gasteiger partial charge is 0.363 e. The van der Waals surface area contributed by atoms with Gasteiger partial charge in [0.05, 0.1) is 17.0 Å². The van der Waals surface area contributed by atoms with Crippen LogP contribution in [0.2, 0.25) is 0 Å². The van der Waals surface area contributed by atoms with Crippen molar-refractivity contribution in [2.45, 2.75) is 6.18 Å². The molecule has 0 saturated carbocycles. The molecule has 11 heteroatoms. The molecule has 1 saturated heterocycles. The Labute approximate surface area is 169 Å². The van der Waals surface area contributed by atoms with E-state index in [2.05, 4.69) is 5.32 Å². The molecular formula is C19H18F4N4O3. The number of alkyl halides is 3.